The molecule has 4 rings (SSSR count). The first-order valence-corrected chi connectivity index (χ1v) is 9.09. The van der Waals surface area contributed by atoms with Gasteiger partial charge in [-0.1, -0.05) is 24.3 Å². The molecule has 1 aromatic heterocycles. The number of ether oxygens (including phenoxy) is 2. The second-order valence-electron chi connectivity index (χ2n) is 6.43. The summed E-state index contributed by atoms with van der Waals surface area (Å²) >= 11 is 0. The predicted molar refractivity (Wildman–Crippen MR) is 109 cm³/mol. The monoisotopic (exact) mass is 386 g/mol. The van der Waals surface area contributed by atoms with E-state index in [4.69, 9.17) is 9.47 Å². The summed E-state index contributed by atoms with van der Waals surface area (Å²) in [5.41, 5.74) is 2.71. The lowest BCUT2D eigenvalue weighted by molar-refractivity contribution is -0.118. The zero-order valence-electron chi connectivity index (χ0n) is 15.5. The average molecular weight is 386 g/mol. The molecule has 1 amide bonds. The SMILES string of the molecule is O=C1COc2ccc(C(=O)C=Cc3ccccc3OCc3cccnc3)cc2N1. The fraction of sp³-hybridized carbons (Fsp3) is 0.0870. The van der Waals surface area contributed by atoms with Crippen molar-refractivity contribution in [3.05, 3.63) is 89.8 Å². The molecule has 0 saturated heterocycles. The summed E-state index contributed by atoms with van der Waals surface area (Å²) in [6, 6.07) is 16.3. The van der Waals surface area contributed by atoms with Crippen LogP contribution in [0, 0.1) is 0 Å². The molecule has 0 unspecified atom stereocenters. The molecule has 3 aromatic rings. The topological polar surface area (TPSA) is 77.5 Å². The molecule has 0 atom stereocenters. The number of anilines is 1. The maximum atomic E-state index is 12.6. The Bertz CT molecular complexity index is 1080. The van der Waals surface area contributed by atoms with E-state index in [1.54, 1.807) is 36.7 Å². The Labute approximate surface area is 167 Å². The van der Waals surface area contributed by atoms with Gasteiger partial charge in [0.2, 0.25) is 0 Å². The standard InChI is InChI=1S/C23H18N2O4/c26-20(18-8-10-22-19(12-18)25-23(27)15-29-22)9-7-17-5-1-2-6-21(17)28-14-16-4-3-11-24-13-16/h1-13H,14-15H2,(H,25,27). The quantitative estimate of drug-likeness (QED) is 0.514. The van der Waals surface area contributed by atoms with Crippen molar-refractivity contribution in [1.29, 1.82) is 0 Å². The number of hydrogen-bond acceptors (Lipinski definition) is 5. The fourth-order valence-electron chi connectivity index (χ4n) is 2.89. The molecule has 6 nitrogen and oxygen atoms in total. The summed E-state index contributed by atoms with van der Waals surface area (Å²) in [6.07, 6.45) is 6.67. The van der Waals surface area contributed by atoms with Crippen molar-refractivity contribution >= 4 is 23.5 Å². The number of carbonyl (C=O) groups is 2. The van der Waals surface area contributed by atoms with Crippen molar-refractivity contribution < 1.29 is 19.1 Å². The normalized spacial score (nSPS) is 12.8. The number of rotatable bonds is 6. The van der Waals surface area contributed by atoms with Gasteiger partial charge in [0, 0.05) is 29.1 Å². The van der Waals surface area contributed by atoms with Crippen molar-refractivity contribution in [2.24, 2.45) is 0 Å². The Morgan fingerprint density at radius 2 is 2.07 bits per heavy atom. The Hall–Kier alpha value is -3.93. The lowest BCUT2D eigenvalue weighted by Gasteiger charge is -2.18. The van der Waals surface area contributed by atoms with Crippen molar-refractivity contribution in [1.82, 2.24) is 4.98 Å². The van der Waals surface area contributed by atoms with Crippen LogP contribution in [0.3, 0.4) is 0 Å². The van der Waals surface area contributed by atoms with Crippen LogP contribution in [0.2, 0.25) is 0 Å². The van der Waals surface area contributed by atoms with Gasteiger partial charge in [0.15, 0.2) is 12.4 Å². The molecule has 0 radical (unpaired) electrons. The molecule has 2 heterocycles. The van der Waals surface area contributed by atoms with E-state index < -0.39 is 0 Å². The number of allylic oxidation sites excluding steroid dienone is 1. The van der Waals surface area contributed by atoms with Crippen molar-refractivity contribution in [2.45, 2.75) is 6.61 Å². The van der Waals surface area contributed by atoms with Crippen LogP contribution in [0.25, 0.3) is 6.08 Å². The molecule has 0 fully saturated rings. The minimum atomic E-state index is -0.239. The largest absolute Gasteiger partial charge is 0.488 e. The zero-order chi connectivity index (χ0) is 20.1. The van der Waals surface area contributed by atoms with Gasteiger partial charge in [-0.05, 0) is 42.5 Å². The van der Waals surface area contributed by atoms with Gasteiger partial charge >= 0.3 is 0 Å². The second kappa shape index (κ2) is 8.39. The summed E-state index contributed by atoms with van der Waals surface area (Å²) in [7, 11) is 0. The number of pyridine rings is 1. The summed E-state index contributed by atoms with van der Waals surface area (Å²) in [5, 5.41) is 2.70. The highest BCUT2D eigenvalue weighted by Crippen LogP contribution is 2.29. The number of fused-ring (bicyclic) bond motifs is 1. The van der Waals surface area contributed by atoms with E-state index in [-0.39, 0.29) is 18.3 Å². The molecule has 0 aliphatic carbocycles. The number of hydrogen-bond donors (Lipinski definition) is 1. The van der Waals surface area contributed by atoms with Gasteiger partial charge < -0.3 is 14.8 Å². The van der Waals surface area contributed by atoms with Crippen LogP contribution < -0.4 is 14.8 Å². The van der Waals surface area contributed by atoms with E-state index >= 15 is 0 Å². The Morgan fingerprint density at radius 3 is 2.93 bits per heavy atom. The molecule has 0 bridgehead atoms. The van der Waals surface area contributed by atoms with Crippen LogP contribution in [0.1, 0.15) is 21.5 Å². The number of nitrogens with zero attached hydrogens (tertiary/aromatic N) is 1. The van der Waals surface area contributed by atoms with E-state index in [0.717, 1.165) is 11.1 Å². The summed E-state index contributed by atoms with van der Waals surface area (Å²) in [5.74, 6) is 0.804. The van der Waals surface area contributed by atoms with Crippen molar-refractivity contribution in [3.8, 4) is 11.5 Å². The number of aromatic nitrogens is 1. The van der Waals surface area contributed by atoms with Crippen LogP contribution in [0.5, 0.6) is 11.5 Å². The van der Waals surface area contributed by atoms with Gasteiger partial charge in [-0.2, -0.15) is 0 Å². The third-order valence-electron chi connectivity index (χ3n) is 4.35. The van der Waals surface area contributed by atoms with Crippen molar-refractivity contribution in [2.75, 3.05) is 11.9 Å². The van der Waals surface area contributed by atoms with Gasteiger partial charge in [0.1, 0.15) is 18.1 Å². The molecule has 2 aromatic carbocycles. The minimum Gasteiger partial charge on any atom is -0.488 e. The molecule has 29 heavy (non-hydrogen) atoms. The highest BCUT2D eigenvalue weighted by atomic mass is 16.5. The first-order valence-electron chi connectivity index (χ1n) is 9.09. The van der Waals surface area contributed by atoms with Crippen LogP contribution in [0.15, 0.2) is 73.1 Å². The molecular weight excluding hydrogens is 368 g/mol. The first kappa shape index (κ1) is 18.4. The summed E-state index contributed by atoms with van der Waals surface area (Å²) in [6.45, 7) is 0.368. The Kier molecular flexibility index (Phi) is 5.33. The zero-order valence-corrected chi connectivity index (χ0v) is 15.5. The molecular formula is C23H18N2O4. The highest BCUT2D eigenvalue weighted by Gasteiger charge is 2.17. The molecule has 144 valence electrons. The Morgan fingerprint density at radius 1 is 1.17 bits per heavy atom. The maximum absolute atomic E-state index is 12.6. The molecule has 0 spiro atoms. The highest BCUT2D eigenvalue weighted by molar-refractivity contribution is 6.08. The van der Waals surface area contributed by atoms with Gasteiger partial charge in [-0.3, -0.25) is 14.6 Å². The molecule has 1 N–H and O–H groups in total. The molecule has 1 aliphatic heterocycles. The van der Waals surface area contributed by atoms with E-state index in [9.17, 15) is 9.59 Å². The molecule has 1 aliphatic rings. The summed E-state index contributed by atoms with van der Waals surface area (Å²) in [4.78, 5) is 28.1. The van der Waals surface area contributed by atoms with E-state index in [2.05, 4.69) is 10.3 Å². The van der Waals surface area contributed by atoms with Crippen LogP contribution in [-0.4, -0.2) is 23.3 Å². The molecule has 6 heteroatoms. The van der Waals surface area contributed by atoms with E-state index in [0.29, 0.717) is 29.4 Å². The van der Waals surface area contributed by atoms with Crippen LogP contribution in [-0.2, 0) is 11.4 Å². The van der Waals surface area contributed by atoms with Gasteiger partial charge in [-0.25, -0.2) is 0 Å². The smallest absolute Gasteiger partial charge is 0.262 e. The third-order valence-corrected chi connectivity index (χ3v) is 4.35. The lowest BCUT2D eigenvalue weighted by Crippen LogP contribution is -2.25. The number of nitrogens with one attached hydrogen (secondary N) is 1. The third kappa shape index (κ3) is 4.50. The molecule has 0 saturated carbocycles. The minimum absolute atomic E-state index is 0.0178. The maximum Gasteiger partial charge on any atom is 0.262 e. The first-order chi connectivity index (χ1) is 14.2. The number of carbonyl (C=O) groups excluding carboxylic acids is 2. The predicted octanol–water partition coefficient (Wildman–Crippen LogP) is 3.89. The lowest BCUT2D eigenvalue weighted by atomic mass is 10.1. The van der Waals surface area contributed by atoms with E-state index in [1.807, 2.05) is 36.4 Å². The van der Waals surface area contributed by atoms with Gasteiger partial charge in [0.05, 0.1) is 5.69 Å². The second-order valence-corrected chi connectivity index (χ2v) is 6.43. The van der Waals surface area contributed by atoms with Crippen molar-refractivity contribution in [3.63, 3.8) is 0 Å². The van der Waals surface area contributed by atoms with Gasteiger partial charge in [0.25, 0.3) is 5.91 Å². The van der Waals surface area contributed by atoms with Crippen LogP contribution in [0.4, 0.5) is 5.69 Å². The van der Waals surface area contributed by atoms with Crippen LogP contribution >= 0.6 is 0 Å². The van der Waals surface area contributed by atoms with E-state index in [1.165, 1.54) is 6.08 Å². The summed E-state index contributed by atoms with van der Waals surface area (Å²) < 4.78 is 11.2. The number of ketones is 1. The number of para-hydroxylation sites is 1. The number of amides is 1. The fourth-order valence-corrected chi connectivity index (χ4v) is 2.89. The van der Waals surface area contributed by atoms with Gasteiger partial charge in [-0.15, -0.1) is 0 Å². The Balaban J connectivity index is 1.48. The average Bonchev–Trinajstić information content (AvgIpc) is 2.76. The number of benzene rings is 2.